The molecule has 0 bridgehead atoms. The van der Waals surface area contributed by atoms with Crippen molar-refractivity contribution in [3.05, 3.63) is 65.7 Å². The lowest BCUT2D eigenvalue weighted by Gasteiger charge is -2.03. The van der Waals surface area contributed by atoms with Crippen LogP contribution in [0, 0.1) is 0 Å². The number of ether oxygens (including phenoxy) is 1. The maximum Gasteiger partial charge on any atom is 0.206 e. The molecule has 2 aromatic carbocycles. The fraction of sp³-hybridized carbons (Fsp3) is 0.176. The van der Waals surface area contributed by atoms with Crippen LogP contribution in [0.2, 0.25) is 0 Å². The van der Waals surface area contributed by atoms with Gasteiger partial charge >= 0.3 is 0 Å². The highest BCUT2D eigenvalue weighted by atomic mass is 32.2. The summed E-state index contributed by atoms with van der Waals surface area (Å²) in [7, 11) is 1.67. The Kier molecular flexibility index (Phi) is 5.50. The lowest BCUT2D eigenvalue weighted by Crippen LogP contribution is -1.98. The van der Waals surface area contributed by atoms with E-state index >= 15 is 0 Å². The maximum absolute atomic E-state index is 5.16. The smallest absolute Gasteiger partial charge is 0.206 e. The van der Waals surface area contributed by atoms with E-state index in [1.165, 1.54) is 11.1 Å². The molecule has 0 aliphatic carbocycles. The topological polar surface area (TPSA) is 47.0 Å². The average Bonchev–Trinajstić information content (AvgIpc) is 3.07. The first-order valence-electron chi connectivity index (χ1n) is 7.20. The Hall–Kier alpha value is -2.05. The van der Waals surface area contributed by atoms with E-state index in [0.29, 0.717) is 0 Å². The van der Waals surface area contributed by atoms with E-state index in [-0.39, 0.29) is 0 Å². The van der Waals surface area contributed by atoms with Crippen LogP contribution >= 0.6 is 23.1 Å². The Morgan fingerprint density at radius 3 is 2.52 bits per heavy atom. The van der Waals surface area contributed by atoms with Crippen molar-refractivity contribution in [2.24, 2.45) is 0 Å². The summed E-state index contributed by atoms with van der Waals surface area (Å²) in [4.78, 5) is 0. The van der Waals surface area contributed by atoms with Crippen molar-refractivity contribution in [2.75, 3.05) is 12.4 Å². The fourth-order valence-corrected chi connectivity index (χ4v) is 3.68. The van der Waals surface area contributed by atoms with E-state index in [1.54, 1.807) is 30.2 Å². The molecule has 0 aliphatic rings. The summed E-state index contributed by atoms with van der Waals surface area (Å²) >= 11 is 3.29. The normalized spacial score (nSPS) is 10.5. The molecule has 1 N–H and O–H groups in total. The van der Waals surface area contributed by atoms with E-state index in [9.17, 15) is 0 Å². The van der Waals surface area contributed by atoms with Crippen molar-refractivity contribution in [3.63, 3.8) is 0 Å². The number of benzene rings is 2. The molecule has 0 atom stereocenters. The lowest BCUT2D eigenvalue weighted by molar-refractivity contribution is 0.414. The van der Waals surface area contributed by atoms with Crippen LogP contribution in [0.1, 0.15) is 11.1 Å². The molecule has 0 fully saturated rings. The summed E-state index contributed by atoms with van der Waals surface area (Å²) in [5.74, 6) is 1.78. The molecule has 23 heavy (non-hydrogen) atoms. The van der Waals surface area contributed by atoms with Crippen LogP contribution in [0.3, 0.4) is 0 Å². The van der Waals surface area contributed by atoms with Crippen molar-refractivity contribution in [1.82, 2.24) is 10.2 Å². The summed E-state index contributed by atoms with van der Waals surface area (Å²) in [6.07, 6.45) is 0. The number of hydrogen-bond donors (Lipinski definition) is 1. The molecule has 0 saturated carbocycles. The van der Waals surface area contributed by atoms with Crippen LogP contribution in [0.4, 0.5) is 5.13 Å². The highest BCUT2D eigenvalue weighted by Crippen LogP contribution is 2.28. The van der Waals surface area contributed by atoms with E-state index in [1.807, 2.05) is 30.3 Å². The van der Waals surface area contributed by atoms with Crippen LogP contribution in [0.5, 0.6) is 5.75 Å². The summed E-state index contributed by atoms with van der Waals surface area (Å²) in [5.41, 5.74) is 2.47. The van der Waals surface area contributed by atoms with Gasteiger partial charge in [0.15, 0.2) is 4.34 Å². The van der Waals surface area contributed by atoms with Gasteiger partial charge < -0.3 is 10.1 Å². The molecule has 3 rings (SSSR count). The Morgan fingerprint density at radius 2 is 1.78 bits per heavy atom. The number of methoxy groups -OCH3 is 1. The Labute approximate surface area is 143 Å². The summed E-state index contributed by atoms with van der Waals surface area (Å²) < 4.78 is 6.13. The van der Waals surface area contributed by atoms with Gasteiger partial charge in [0.1, 0.15) is 5.75 Å². The molecule has 4 nitrogen and oxygen atoms in total. The van der Waals surface area contributed by atoms with Crippen LogP contribution in [-0.4, -0.2) is 17.3 Å². The highest BCUT2D eigenvalue weighted by molar-refractivity contribution is 8.00. The minimum Gasteiger partial charge on any atom is -0.497 e. The first-order valence-corrected chi connectivity index (χ1v) is 9.01. The molecule has 0 unspecified atom stereocenters. The second kappa shape index (κ2) is 7.99. The van der Waals surface area contributed by atoms with Gasteiger partial charge in [0, 0.05) is 12.3 Å². The zero-order valence-electron chi connectivity index (χ0n) is 12.7. The van der Waals surface area contributed by atoms with Crippen molar-refractivity contribution in [3.8, 4) is 5.75 Å². The third-order valence-corrected chi connectivity index (χ3v) is 5.30. The number of thioether (sulfide) groups is 1. The zero-order valence-corrected chi connectivity index (χ0v) is 14.4. The van der Waals surface area contributed by atoms with Crippen LogP contribution < -0.4 is 10.1 Å². The predicted molar refractivity (Wildman–Crippen MR) is 96.2 cm³/mol. The zero-order chi connectivity index (χ0) is 15.9. The summed E-state index contributed by atoms with van der Waals surface area (Å²) in [6.45, 7) is 0.724. The van der Waals surface area contributed by atoms with Crippen molar-refractivity contribution < 1.29 is 4.74 Å². The first-order chi connectivity index (χ1) is 11.3. The molecule has 0 spiro atoms. The molecule has 1 aromatic heterocycles. The number of anilines is 1. The molecule has 6 heteroatoms. The van der Waals surface area contributed by atoms with E-state index in [0.717, 1.165) is 27.5 Å². The first kappa shape index (κ1) is 15.8. The predicted octanol–water partition coefficient (Wildman–Crippen LogP) is 4.45. The molecule has 0 amide bonds. The SMILES string of the molecule is COc1ccc(CNc2nnc(SCc3ccccc3)s2)cc1. The number of hydrogen-bond acceptors (Lipinski definition) is 6. The monoisotopic (exact) mass is 343 g/mol. The molecular weight excluding hydrogens is 326 g/mol. The number of rotatable bonds is 7. The Morgan fingerprint density at radius 1 is 1.00 bits per heavy atom. The summed E-state index contributed by atoms with van der Waals surface area (Å²) in [6, 6.07) is 18.4. The maximum atomic E-state index is 5.16. The third-order valence-electron chi connectivity index (χ3n) is 3.21. The summed E-state index contributed by atoms with van der Waals surface area (Å²) in [5, 5.41) is 12.6. The van der Waals surface area contributed by atoms with Gasteiger partial charge in [0.25, 0.3) is 0 Å². The minimum atomic E-state index is 0.724. The highest BCUT2D eigenvalue weighted by Gasteiger charge is 2.05. The number of nitrogens with one attached hydrogen (secondary N) is 1. The lowest BCUT2D eigenvalue weighted by atomic mass is 10.2. The Balaban J connectivity index is 1.50. The molecular formula is C17H17N3OS2. The molecule has 0 aliphatic heterocycles. The molecule has 1 heterocycles. The fourth-order valence-electron chi connectivity index (χ4n) is 1.98. The van der Waals surface area contributed by atoms with Gasteiger partial charge in [-0.15, -0.1) is 10.2 Å². The molecule has 0 radical (unpaired) electrons. The number of nitrogens with zero attached hydrogens (tertiary/aromatic N) is 2. The minimum absolute atomic E-state index is 0.724. The second-order valence-electron chi connectivity index (χ2n) is 4.85. The average molecular weight is 343 g/mol. The van der Waals surface area contributed by atoms with Crippen molar-refractivity contribution in [1.29, 1.82) is 0 Å². The second-order valence-corrected chi connectivity index (χ2v) is 7.05. The van der Waals surface area contributed by atoms with Gasteiger partial charge in [-0.2, -0.15) is 0 Å². The van der Waals surface area contributed by atoms with Gasteiger partial charge in [0.2, 0.25) is 5.13 Å². The van der Waals surface area contributed by atoms with Crippen LogP contribution in [0.25, 0.3) is 0 Å². The van der Waals surface area contributed by atoms with E-state index in [2.05, 4.69) is 39.8 Å². The van der Waals surface area contributed by atoms with E-state index in [4.69, 9.17) is 4.74 Å². The third kappa shape index (κ3) is 4.71. The van der Waals surface area contributed by atoms with Gasteiger partial charge in [-0.25, -0.2) is 0 Å². The standard InChI is InChI=1S/C17H17N3OS2/c1-21-15-9-7-13(8-10-15)11-18-16-19-20-17(23-16)22-12-14-5-3-2-4-6-14/h2-10H,11-12H2,1H3,(H,18,19). The van der Waals surface area contributed by atoms with Crippen molar-refractivity contribution in [2.45, 2.75) is 16.6 Å². The van der Waals surface area contributed by atoms with Gasteiger partial charge in [-0.05, 0) is 23.3 Å². The molecule has 3 aromatic rings. The Bertz CT molecular complexity index is 729. The molecule has 118 valence electrons. The van der Waals surface area contributed by atoms with Crippen molar-refractivity contribution >= 4 is 28.2 Å². The van der Waals surface area contributed by atoms with Gasteiger partial charge in [-0.3, -0.25) is 0 Å². The van der Waals surface area contributed by atoms with Crippen LogP contribution in [0.15, 0.2) is 58.9 Å². The molecule has 0 saturated heterocycles. The largest absolute Gasteiger partial charge is 0.497 e. The quantitative estimate of drug-likeness (QED) is 0.642. The van der Waals surface area contributed by atoms with Crippen LogP contribution in [-0.2, 0) is 12.3 Å². The van der Waals surface area contributed by atoms with E-state index < -0.39 is 0 Å². The number of aromatic nitrogens is 2. The van der Waals surface area contributed by atoms with Gasteiger partial charge in [-0.1, -0.05) is 65.6 Å². The van der Waals surface area contributed by atoms with Gasteiger partial charge in [0.05, 0.1) is 7.11 Å².